The van der Waals surface area contributed by atoms with Crippen LogP contribution < -0.4 is 10.2 Å². The maximum atomic E-state index is 13.2. The van der Waals surface area contributed by atoms with E-state index in [1.807, 2.05) is 50.5 Å². The third-order valence-electron chi connectivity index (χ3n) is 5.88. The minimum absolute atomic E-state index is 0.0143. The third kappa shape index (κ3) is 3.28. The first-order chi connectivity index (χ1) is 15.0. The molecular weight excluding hydrogens is 386 g/mol. The highest BCUT2D eigenvalue weighted by molar-refractivity contribution is 6.36. The van der Waals surface area contributed by atoms with Crippen molar-refractivity contribution in [1.29, 1.82) is 0 Å². The van der Waals surface area contributed by atoms with E-state index in [1.165, 1.54) is 0 Å². The molecule has 1 atom stereocenters. The SMILES string of the molecule is CN(C)c1ccc([C@H]2CC(C3=C(O)c4ccccc4C3=O)=Nc3ccccc3N2)cc1. The van der Waals surface area contributed by atoms with E-state index in [-0.39, 0.29) is 17.6 Å². The van der Waals surface area contributed by atoms with Crippen LogP contribution in [0.4, 0.5) is 17.1 Å². The molecule has 5 rings (SSSR count). The van der Waals surface area contributed by atoms with Crippen LogP contribution in [0.25, 0.3) is 5.76 Å². The fourth-order valence-corrected chi connectivity index (χ4v) is 4.21. The predicted octanol–water partition coefficient (Wildman–Crippen LogP) is 5.55. The monoisotopic (exact) mass is 409 g/mol. The zero-order valence-electron chi connectivity index (χ0n) is 17.5. The zero-order valence-corrected chi connectivity index (χ0v) is 17.5. The minimum atomic E-state index is -0.173. The summed E-state index contributed by atoms with van der Waals surface area (Å²) in [6, 6.07) is 23.2. The molecule has 1 aliphatic carbocycles. The summed E-state index contributed by atoms with van der Waals surface area (Å²) in [6.07, 6.45) is 0.481. The van der Waals surface area contributed by atoms with Gasteiger partial charge in [-0.15, -0.1) is 0 Å². The molecule has 0 unspecified atom stereocenters. The number of ketones is 1. The van der Waals surface area contributed by atoms with Crippen molar-refractivity contribution in [2.75, 3.05) is 24.3 Å². The molecule has 2 aliphatic rings. The van der Waals surface area contributed by atoms with Crippen molar-refractivity contribution in [2.45, 2.75) is 12.5 Å². The standard InChI is InChI=1S/C26H23N3O2/c1-29(2)17-13-11-16(12-14-17)22-15-23(28-21-10-6-5-9-20(21)27-22)24-25(30)18-7-3-4-8-19(18)26(24)31/h3-14,22,27,30H,15H2,1-2H3/t22-/m1/s1. The maximum absolute atomic E-state index is 13.2. The molecule has 5 heteroatoms. The fourth-order valence-electron chi connectivity index (χ4n) is 4.21. The summed E-state index contributed by atoms with van der Waals surface area (Å²) in [5.74, 6) is -0.159. The highest BCUT2D eigenvalue weighted by atomic mass is 16.3. The Labute approximate surface area is 181 Å². The molecule has 1 aliphatic heterocycles. The molecule has 2 N–H and O–H groups in total. The number of aliphatic hydroxyl groups is 1. The number of carbonyl (C=O) groups excluding carboxylic acids is 1. The van der Waals surface area contributed by atoms with E-state index in [1.54, 1.807) is 12.1 Å². The van der Waals surface area contributed by atoms with Crippen molar-refractivity contribution >= 4 is 34.3 Å². The van der Waals surface area contributed by atoms with Gasteiger partial charge < -0.3 is 15.3 Å². The molecular formula is C26H23N3O2. The minimum Gasteiger partial charge on any atom is -0.506 e. The average molecular weight is 409 g/mol. The number of aliphatic imine (C=N–C) groups is 1. The molecule has 3 aromatic carbocycles. The molecule has 5 nitrogen and oxygen atoms in total. The summed E-state index contributed by atoms with van der Waals surface area (Å²) in [7, 11) is 4.02. The van der Waals surface area contributed by atoms with E-state index in [9.17, 15) is 9.90 Å². The third-order valence-corrected chi connectivity index (χ3v) is 5.88. The predicted molar refractivity (Wildman–Crippen MR) is 126 cm³/mol. The van der Waals surface area contributed by atoms with Gasteiger partial charge in [-0.25, -0.2) is 0 Å². The number of Topliss-reactive ketones (excluding diaryl/α,β-unsaturated/α-hetero) is 1. The number of nitrogens with zero attached hydrogens (tertiary/aromatic N) is 2. The summed E-state index contributed by atoms with van der Waals surface area (Å²) >= 11 is 0. The Balaban J connectivity index is 1.60. The lowest BCUT2D eigenvalue weighted by atomic mass is 9.95. The largest absolute Gasteiger partial charge is 0.506 e. The van der Waals surface area contributed by atoms with E-state index in [2.05, 4.69) is 34.5 Å². The first-order valence-electron chi connectivity index (χ1n) is 10.3. The molecule has 0 saturated heterocycles. The lowest BCUT2D eigenvalue weighted by molar-refractivity contribution is 0.104. The average Bonchev–Trinajstić information content (AvgIpc) is 2.93. The topological polar surface area (TPSA) is 64.9 Å². The first kappa shape index (κ1) is 19.1. The van der Waals surface area contributed by atoms with Gasteiger partial charge in [0.2, 0.25) is 0 Å². The van der Waals surface area contributed by atoms with Crippen molar-refractivity contribution in [3.8, 4) is 0 Å². The van der Waals surface area contributed by atoms with Gasteiger partial charge in [-0.05, 0) is 29.8 Å². The maximum Gasteiger partial charge on any atom is 0.199 e. The highest BCUT2D eigenvalue weighted by Gasteiger charge is 2.34. The molecule has 0 amide bonds. The van der Waals surface area contributed by atoms with E-state index in [4.69, 9.17) is 4.99 Å². The second-order valence-electron chi connectivity index (χ2n) is 8.06. The molecule has 1 heterocycles. The fraction of sp³-hybridized carbons (Fsp3) is 0.154. The van der Waals surface area contributed by atoms with Gasteiger partial charge in [-0.1, -0.05) is 48.5 Å². The van der Waals surface area contributed by atoms with Gasteiger partial charge in [-0.2, -0.15) is 0 Å². The molecule has 0 spiro atoms. The summed E-state index contributed by atoms with van der Waals surface area (Å²) in [4.78, 5) is 20.1. The normalized spacial score (nSPS) is 17.4. The molecule has 154 valence electrons. The van der Waals surface area contributed by atoms with Crippen LogP contribution >= 0.6 is 0 Å². The Kier molecular flexibility index (Phi) is 4.59. The quantitative estimate of drug-likeness (QED) is 0.595. The summed E-state index contributed by atoms with van der Waals surface area (Å²) in [5, 5.41) is 14.5. The molecule has 0 saturated carbocycles. The van der Waals surface area contributed by atoms with Gasteiger partial charge in [0.25, 0.3) is 0 Å². The number of carbonyl (C=O) groups is 1. The number of fused-ring (bicyclic) bond motifs is 2. The lowest BCUT2D eigenvalue weighted by Gasteiger charge is -2.21. The van der Waals surface area contributed by atoms with Crippen LogP contribution in [-0.4, -0.2) is 30.7 Å². The van der Waals surface area contributed by atoms with Crippen molar-refractivity contribution in [3.63, 3.8) is 0 Å². The van der Waals surface area contributed by atoms with Crippen LogP contribution in [0, 0.1) is 0 Å². The zero-order chi connectivity index (χ0) is 21.5. The Morgan fingerprint density at radius 3 is 2.32 bits per heavy atom. The van der Waals surface area contributed by atoms with E-state index in [0.717, 1.165) is 22.6 Å². The summed E-state index contributed by atoms with van der Waals surface area (Å²) in [5.41, 5.74) is 5.87. The van der Waals surface area contributed by atoms with Gasteiger partial charge in [0.05, 0.1) is 28.7 Å². The summed E-state index contributed by atoms with van der Waals surface area (Å²) < 4.78 is 0. The molecule has 3 aromatic rings. The lowest BCUT2D eigenvalue weighted by Crippen LogP contribution is -2.18. The van der Waals surface area contributed by atoms with E-state index < -0.39 is 0 Å². The van der Waals surface area contributed by atoms with Gasteiger partial charge in [0, 0.05) is 37.3 Å². The molecule has 31 heavy (non-hydrogen) atoms. The van der Waals surface area contributed by atoms with Crippen LogP contribution in [0.3, 0.4) is 0 Å². The highest BCUT2D eigenvalue weighted by Crippen LogP contribution is 2.39. The number of rotatable bonds is 3. The second kappa shape index (κ2) is 7.43. The van der Waals surface area contributed by atoms with Crippen molar-refractivity contribution in [1.82, 2.24) is 0 Å². The van der Waals surface area contributed by atoms with Crippen molar-refractivity contribution in [2.24, 2.45) is 4.99 Å². The Morgan fingerprint density at radius 1 is 0.935 bits per heavy atom. The molecule has 0 fully saturated rings. The van der Waals surface area contributed by atoms with Crippen LogP contribution in [0.1, 0.15) is 33.9 Å². The molecule has 0 radical (unpaired) electrons. The number of allylic oxidation sites excluding steroid dienone is 1. The number of aliphatic hydroxyl groups excluding tert-OH is 1. The molecule has 0 aromatic heterocycles. The Morgan fingerprint density at radius 2 is 1.61 bits per heavy atom. The summed E-state index contributed by atoms with van der Waals surface area (Å²) in [6.45, 7) is 0. The van der Waals surface area contributed by atoms with Crippen molar-refractivity contribution in [3.05, 3.63) is 95.1 Å². The van der Waals surface area contributed by atoms with Gasteiger partial charge >= 0.3 is 0 Å². The van der Waals surface area contributed by atoms with Gasteiger partial charge in [-0.3, -0.25) is 9.79 Å². The number of para-hydroxylation sites is 2. The van der Waals surface area contributed by atoms with Crippen LogP contribution in [0.2, 0.25) is 0 Å². The van der Waals surface area contributed by atoms with Gasteiger partial charge in [0.15, 0.2) is 5.78 Å². The van der Waals surface area contributed by atoms with Crippen LogP contribution in [-0.2, 0) is 0 Å². The van der Waals surface area contributed by atoms with Crippen LogP contribution in [0.5, 0.6) is 0 Å². The Bertz CT molecular complexity index is 1240. The van der Waals surface area contributed by atoms with E-state index >= 15 is 0 Å². The molecule has 0 bridgehead atoms. The number of anilines is 2. The second-order valence-corrected chi connectivity index (χ2v) is 8.06. The number of benzene rings is 3. The smallest absolute Gasteiger partial charge is 0.199 e. The first-order valence-corrected chi connectivity index (χ1v) is 10.3. The van der Waals surface area contributed by atoms with Crippen LogP contribution in [0.15, 0.2) is 83.4 Å². The van der Waals surface area contributed by atoms with E-state index in [0.29, 0.717) is 28.8 Å². The number of hydrogen-bond donors (Lipinski definition) is 2. The van der Waals surface area contributed by atoms with Gasteiger partial charge in [0.1, 0.15) is 5.76 Å². The van der Waals surface area contributed by atoms with Crippen molar-refractivity contribution < 1.29 is 9.90 Å². The number of nitrogens with one attached hydrogen (secondary N) is 1. The number of hydrogen-bond acceptors (Lipinski definition) is 5. The Hall–Kier alpha value is -3.86.